The van der Waals surface area contributed by atoms with E-state index in [1.165, 1.54) is 27.9 Å². The van der Waals surface area contributed by atoms with Crippen LogP contribution in [0.25, 0.3) is 22.0 Å². The van der Waals surface area contributed by atoms with Crippen molar-refractivity contribution in [2.24, 2.45) is 0 Å². The van der Waals surface area contributed by atoms with Gasteiger partial charge in [0.2, 0.25) is 0 Å². The highest BCUT2D eigenvalue weighted by molar-refractivity contribution is 5.92. The molecule has 0 spiro atoms. The maximum absolute atomic E-state index is 4.81. The van der Waals surface area contributed by atoms with Crippen molar-refractivity contribution in [2.75, 3.05) is 11.4 Å². The van der Waals surface area contributed by atoms with Gasteiger partial charge >= 0.3 is 0 Å². The SMILES string of the molecule is Cc1nc(N2CCc3cc(-c4ccc(C(C)(C)C)cc4)ccc32)c2ccccc2n1. The van der Waals surface area contributed by atoms with Crippen LogP contribution >= 0.6 is 0 Å². The number of hydrogen-bond acceptors (Lipinski definition) is 3. The standard InChI is InChI=1S/C27H27N3/c1-18-28-24-8-6-5-7-23(24)26(29-18)30-16-15-21-17-20(11-14-25(21)30)19-9-12-22(13-10-19)27(2,3)4/h5-14,17H,15-16H2,1-4H3. The first-order valence-electron chi connectivity index (χ1n) is 10.6. The first-order valence-corrected chi connectivity index (χ1v) is 10.6. The molecule has 0 radical (unpaired) electrons. The van der Waals surface area contributed by atoms with Gasteiger partial charge in [-0.05, 0) is 65.3 Å². The fraction of sp³-hybridized carbons (Fsp3) is 0.259. The lowest BCUT2D eigenvalue weighted by Gasteiger charge is -2.21. The van der Waals surface area contributed by atoms with Gasteiger partial charge in [0.15, 0.2) is 0 Å². The van der Waals surface area contributed by atoms with Crippen LogP contribution in [0.3, 0.4) is 0 Å². The first-order chi connectivity index (χ1) is 14.4. The highest BCUT2D eigenvalue weighted by Gasteiger charge is 2.24. The Balaban J connectivity index is 1.52. The Hall–Kier alpha value is -3.20. The Morgan fingerprint density at radius 1 is 0.833 bits per heavy atom. The molecule has 150 valence electrons. The van der Waals surface area contributed by atoms with E-state index in [-0.39, 0.29) is 5.41 Å². The molecule has 0 unspecified atom stereocenters. The number of benzene rings is 3. The number of rotatable bonds is 2. The molecule has 0 fully saturated rings. The molecule has 0 aliphatic carbocycles. The Morgan fingerprint density at radius 3 is 2.33 bits per heavy atom. The monoisotopic (exact) mass is 393 g/mol. The molecule has 0 bridgehead atoms. The van der Waals surface area contributed by atoms with Gasteiger partial charge in [-0.3, -0.25) is 0 Å². The number of fused-ring (bicyclic) bond motifs is 2. The fourth-order valence-corrected chi connectivity index (χ4v) is 4.34. The second-order valence-electron chi connectivity index (χ2n) is 9.18. The van der Waals surface area contributed by atoms with E-state index >= 15 is 0 Å². The fourth-order valence-electron chi connectivity index (χ4n) is 4.34. The molecule has 1 aliphatic heterocycles. The normalized spacial score (nSPS) is 13.7. The van der Waals surface area contributed by atoms with Gasteiger partial charge in [0, 0.05) is 17.6 Å². The third kappa shape index (κ3) is 3.24. The van der Waals surface area contributed by atoms with E-state index in [0.29, 0.717) is 0 Å². The molecule has 0 saturated heterocycles. The summed E-state index contributed by atoms with van der Waals surface area (Å²) in [5.41, 5.74) is 7.73. The van der Waals surface area contributed by atoms with E-state index in [1.807, 2.05) is 13.0 Å². The summed E-state index contributed by atoms with van der Waals surface area (Å²) in [4.78, 5) is 11.8. The predicted molar refractivity (Wildman–Crippen MR) is 126 cm³/mol. The van der Waals surface area contributed by atoms with Crippen molar-refractivity contribution in [3.05, 3.63) is 83.7 Å². The van der Waals surface area contributed by atoms with Crippen LogP contribution in [0, 0.1) is 6.92 Å². The summed E-state index contributed by atoms with van der Waals surface area (Å²) in [6.45, 7) is 9.68. The van der Waals surface area contributed by atoms with Gasteiger partial charge in [-0.2, -0.15) is 0 Å². The quantitative estimate of drug-likeness (QED) is 0.384. The van der Waals surface area contributed by atoms with E-state index in [0.717, 1.165) is 35.5 Å². The van der Waals surface area contributed by atoms with Gasteiger partial charge in [-0.15, -0.1) is 0 Å². The predicted octanol–water partition coefficient (Wildman–Crippen LogP) is 6.60. The average molecular weight is 394 g/mol. The lowest BCUT2D eigenvalue weighted by molar-refractivity contribution is 0.590. The minimum Gasteiger partial charge on any atom is -0.325 e. The summed E-state index contributed by atoms with van der Waals surface area (Å²) < 4.78 is 0. The summed E-state index contributed by atoms with van der Waals surface area (Å²) in [7, 11) is 0. The zero-order valence-electron chi connectivity index (χ0n) is 18.1. The molecule has 3 heteroatoms. The number of para-hydroxylation sites is 1. The molecule has 4 aromatic rings. The summed E-state index contributed by atoms with van der Waals surface area (Å²) in [5.74, 6) is 1.83. The van der Waals surface area contributed by atoms with Crippen molar-refractivity contribution < 1.29 is 0 Å². The van der Waals surface area contributed by atoms with Gasteiger partial charge in [0.1, 0.15) is 11.6 Å². The molecule has 0 N–H and O–H groups in total. The molecule has 0 amide bonds. The lowest BCUT2D eigenvalue weighted by Crippen LogP contribution is -2.16. The first kappa shape index (κ1) is 18.8. The van der Waals surface area contributed by atoms with Crippen molar-refractivity contribution in [1.29, 1.82) is 0 Å². The van der Waals surface area contributed by atoms with Gasteiger partial charge in [-0.1, -0.05) is 63.2 Å². The molecule has 1 aromatic heterocycles. The highest BCUT2D eigenvalue weighted by Crippen LogP contribution is 2.39. The zero-order chi connectivity index (χ0) is 20.9. The third-order valence-electron chi connectivity index (χ3n) is 6.01. The number of anilines is 2. The van der Waals surface area contributed by atoms with Crippen LogP contribution < -0.4 is 4.90 Å². The van der Waals surface area contributed by atoms with E-state index in [9.17, 15) is 0 Å². The summed E-state index contributed by atoms with van der Waals surface area (Å²) in [6, 6.07) is 24.1. The minimum atomic E-state index is 0.176. The second-order valence-corrected chi connectivity index (χ2v) is 9.18. The van der Waals surface area contributed by atoms with Crippen molar-refractivity contribution in [3.8, 4) is 11.1 Å². The van der Waals surface area contributed by atoms with Crippen molar-refractivity contribution in [3.63, 3.8) is 0 Å². The largest absolute Gasteiger partial charge is 0.325 e. The highest BCUT2D eigenvalue weighted by atomic mass is 15.2. The summed E-state index contributed by atoms with van der Waals surface area (Å²) in [6.07, 6.45) is 1.03. The number of nitrogens with zero attached hydrogens (tertiary/aromatic N) is 3. The van der Waals surface area contributed by atoms with Crippen LogP contribution in [-0.2, 0) is 11.8 Å². The van der Waals surface area contributed by atoms with Gasteiger partial charge in [0.05, 0.1) is 5.52 Å². The van der Waals surface area contributed by atoms with Crippen molar-refractivity contribution in [1.82, 2.24) is 9.97 Å². The minimum absolute atomic E-state index is 0.176. The molecule has 3 nitrogen and oxygen atoms in total. The summed E-state index contributed by atoms with van der Waals surface area (Å²) in [5, 5.41) is 1.11. The molecule has 0 atom stereocenters. The molecule has 30 heavy (non-hydrogen) atoms. The number of hydrogen-bond donors (Lipinski definition) is 0. The lowest BCUT2D eigenvalue weighted by atomic mass is 9.86. The Kier molecular flexibility index (Phi) is 4.35. The van der Waals surface area contributed by atoms with Gasteiger partial charge in [0.25, 0.3) is 0 Å². The van der Waals surface area contributed by atoms with E-state index in [1.54, 1.807) is 0 Å². The van der Waals surface area contributed by atoms with Crippen molar-refractivity contribution in [2.45, 2.75) is 39.5 Å². The van der Waals surface area contributed by atoms with Crippen LogP contribution in [-0.4, -0.2) is 16.5 Å². The molecule has 2 heterocycles. The van der Waals surface area contributed by atoms with Crippen LogP contribution in [0.1, 0.15) is 37.7 Å². The third-order valence-corrected chi connectivity index (χ3v) is 6.01. The smallest absolute Gasteiger partial charge is 0.144 e. The Labute approximate surface area is 178 Å². The maximum Gasteiger partial charge on any atom is 0.144 e. The van der Waals surface area contributed by atoms with Gasteiger partial charge < -0.3 is 4.90 Å². The zero-order valence-corrected chi connectivity index (χ0v) is 18.1. The second kappa shape index (κ2) is 6.94. The van der Waals surface area contributed by atoms with Crippen LogP contribution in [0.2, 0.25) is 0 Å². The molecule has 0 saturated carbocycles. The molecule has 1 aliphatic rings. The van der Waals surface area contributed by atoms with Crippen LogP contribution in [0.4, 0.5) is 11.5 Å². The molecular weight excluding hydrogens is 366 g/mol. The van der Waals surface area contributed by atoms with E-state index < -0.39 is 0 Å². The van der Waals surface area contributed by atoms with E-state index in [2.05, 4.69) is 91.3 Å². The number of aryl methyl sites for hydroxylation is 1. The van der Waals surface area contributed by atoms with Crippen LogP contribution in [0.5, 0.6) is 0 Å². The van der Waals surface area contributed by atoms with Crippen LogP contribution in [0.15, 0.2) is 66.7 Å². The van der Waals surface area contributed by atoms with E-state index in [4.69, 9.17) is 4.98 Å². The average Bonchev–Trinajstić information content (AvgIpc) is 3.15. The topological polar surface area (TPSA) is 29.0 Å². The Bertz CT molecular complexity index is 1230. The molecular formula is C27H27N3. The molecule has 3 aromatic carbocycles. The maximum atomic E-state index is 4.81. The van der Waals surface area contributed by atoms with Crippen molar-refractivity contribution >= 4 is 22.4 Å². The Morgan fingerprint density at radius 2 is 1.57 bits per heavy atom. The summed E-state index contributed by atoms with van der Waals surface area (Å²) >= 11 is 0. The molecule has 5 rings (SSSR count). The number of aromatic nitrogens is 2. The van der Waals surface area contributed by atoms with Gasteiger partial charge in [-0.25, -0.2) is 9.97 Å².